The minimum absolute atomic E-state index is 0.00976. The predicted octanol–water partition coefficient (Wildman–Crippen LogP) is 3.55. The predicted molar refractivity (Wildman–Crippen MR) is 95.6 cm³/mol. The average Bonchev–Trinajstić information content (AvgIpc) is 2.49. The lowest BCUT2D eigenvalue weighted by Crippen LogP contribution is -2.51. The van der Waals surface area contributed by atoms with Crippen LogP contribution in [0.2, 0.25) is 0 Å². The van der Waals surface area contributed by atoms with Gasteiger partial charge in [-0.2, -0.15) is 0 Å². The summed E-state index contributed by atoms with van der Waals surface area (Å²) in [5.41, 5.74) is 1.60. The molecule has 0 radical (unpaired) electrons. The number of benzene rings is 1. The molecule has 5 nitrogen and oxygen atoms in total. The van der Waals surface area contributed by atoms with Crippen molar-refractivity contribution in [2.75, 3.05) is 0 Å². The summed E-state index contributed by atoms with van der Waals surface area (Å²) in [4.78, 5) is 24.5. The van der Waals surface area contributed by atoms with Crippen LogP contribution in [0.15, 0.2) is 24.3 Å². The topological polar surface area (TPSA) is 67.4 Å². The Kier molecular flexibility index (Phi) is 7.26. The Morgan fingerprint density at radius 1 is 1.17 bits per heavy atom. The third kappa shape index (κ3) is 7.02. The maximum atomic E-state index is 12.5. The van der Waals surface area contributed by atoms with Crippen LogP contribution in [0.3, 0.4) is 0 Å². The Balaban J connectivity index is 2.67. The first-order chi connectivity index (χ1) is 11.1. The maximum Gasteiger partial charge on any atom is 0.408 e. The number of aryl methyl sites for hydroxylation is 1. The zero-order valence-corrected chi connectivity index (χ0v) is 15.6. The monoisotopic (exact) mass is 334 g/mol. The fourth-order valence-corrected chi connectivity index (χ4v) is 2.14. The number of carbonyl (C=O) groups is 2. The van der Waals surface area contributed by atoms with Crippen LogP contribution in [0.4, 0.5) is 4.79 Å². The Labute approximate surface area is 145 Å². The zero-order chi connectivity index (χ0) is 18.3. The molecular formula is C19H30N2O3. The second-order valence-electron chi connectivity index (χ2n) is 7.21. The van der Waals surface area contributed by atoms with Crippen LogP contribution in [0.25, 0.3) is 0 Å². The molecule has 5 heteroatoms. The van der Waals surface area contributed by atoms with E-state index in [2.05, 4.69) is 10.6 Å². The van der Waals surface area contributed by atoms with Gasteiger partial charge in [0.1, 0.15) is 11.6 Å². The normalized spacial score (nSPS) is 13.8. The molecule has 0 aliphatic carbocycles. The van der Waals surface area contributed by atoms with Gasteiger partial charge in [-0.25, -0.2) is 4.79 Å². The lowest BCUT2D eigenvalue weighted by molar-refractivity contribution is -0.124. The van der Waals surface area contributed by atoms with Crippen LogP contribution >= 0.6 is 0 Å². The molecular weight excluding hydrogens is 304 g/mol. The largest absolute Gasteiger partial charge is 0.444 e. The van der Waals surface area contributed by atoms with Gasteiger partial charge in [0.15, 0.2) is 0 Å². The summed E-state index contributed by atoms with van der Waals surface area (Å²) in [7, 11) is 0. The van der Waals surface area contributed by atoms with Crippen LogP contribution in [0.1, 0.15) is 52.2 Å². The molecule has 0 aliphatic rings. The van der Waals surface area contributed by atoms with Crippen LogP contribution in [0, 0.1) is 12.8 Å². The summed E-state index contributed by atoms with van der Waals surface area (Å²) in [6, 6.07) is 7.36. The molecule has 1 aromatic rings. The van der Waals surface area contributed by atoms with Gasteiger partial charge in [0.25, 0.3) is 0 Å². The van der Waals surface area contributed by atoms with Gasteiger partial charge in [-0.05, 0) is 39.2 Å². The molecule has 0 fully saturated rings. The van der Waals surface area contributed by atoms with Crippen LogP contribution in [0.5, 0.6) is 0 Å². The molecule has 0 saturated carbocycles. The maximum absolute atomic E-state index is 12.5. The lowest BCUT2D eigenvalue weighted by Gasteiger charge is -2.26. The number of ether oxygens (including phenoxy) is 1. The van der Waals surface area contributed by atoms with Gasteiger partial charge in [-0.15, -0.1) is 0 Å². The fourth-order valence-electron chi connectivity index (χ4n) is 2.14. The Bertz CT molecular complexity index is 547. The number of rotatable bonds is 6. The highest BCUT2D eigenvalue weighted by Crippen LogP contribution is 2.12. The first-order valence-electron chi connectivity index (χ1n) is 8.45. The Morgan fingerprint density at radius 2 is 1.75 bits per heavy atom. The van der Waals surface area contributed by atoms with Crippen molar-refractivity contribution in [1.82, 2.24) is 10.6 Å². The van der Waals surface area contributed by atoms with Crippen molar-refractivity contribution in [3.05, 3.63) is 35.4 Å². The number of hydrogen-bond acceptors (Lipinski definition) is 3. The van der Waals surface area contributed by atoms with E-state index in [0.717, 1.165) is 12.0 Å². The molecule has 0 aliphatic heterocycles. The fraction of sp³-hybridized carbons (Fsp3) is 0.579. The highest BCUT2D eigenvalue weighted by molar-refractivity contribution is 5.85. The molecule has 0 bridgehead atoms. The highest BCUT2D eigenvalue weighted by Gasteiger charge is 2.28. The van der Waals surface area contributed by atoms with Crippen LogP contribution in [-0.2, 0) is 16.1 Å². The molecule has 2 atom stereocenters. The van der Waals surface area contributed by atoms with Gasteiger partial charge in [0, 0.05) is 6.54 Å². The molecule has 134 valence electrons. The van der Waals surface area contributed by atoms with E-state index in [-0.39, 0.29) is 11.8 Å². The van der Waals surface area contributed by atoms with E-state index >= 15 is 0 Å². The molecule has 0 spiro atoms. The van der Waals surface area contributed by atoms with E-state index in [1.54, 1.807) is 20.8 Å². The quantitative estimate of drug-likeness (QED) is 0.836. The average molecular weight is 334 g/mol. The second-order valence-corrected chi connectivity index (χ2v) is 7.21. The van der Waals surface area contributed by atoms with Gasteiger partial charge in [0.2, 0.25) is 5.91 Å². The minimum atomic E-state index is -0.615. The van der Waals surface area contributed by atoms with E-state index in [1.807, 2.05) is 45.0 Å². The van der Waals surface area contributed by atoms with E-state index in [4.69, 9.17) is 4.74 Å². The van der Waals surface area contributed by atoms with Crippen molar-refractivity contribution < 1.29 is 14.3 Å². The standard InChI is InChI=1S/C19H30N2O3/c1-7-14(3)16(21-18(23)24-19(4,5)6)17(22)20-12-15-10-8-13(2)9-11-15/h8-11,14,16H,7,12H2,1-6H3,(H,20,22)(H,21,23). The molecule has 0 heterocycles. The van der Waals surface area contributed by atoms with Crippen LogP contribution < -0.4 is 10.6 Å². The van der Waals surface area contributed by atoms with Crippen molar-refractivity contribution >= 4 is 12.0 Å². The van der Waals surface area contributed by atoms with Crippen molar-refractivity contribution in [2.45, 2.75) is 66.2 Å². The Morgan fingerprint density at radius 3 is 2.25 bits per heavy atom. The number of carbonyl (C=O) groups excluding carboxylic acids is 2. The van der Waals surface area contributed by atoms with Crippen molar-refractivity contribution in [1.29, 1.82) is 0 Å². The molecule has 2 unspecified atom stereocenters. The smallest absolute Gasteiger partial charge is 0.408 e. The van der Waals surface area contributed by atoms with E-state index in [1.165, 1.54) is 5.56 Å². The van der Waals surface area contributed by atoms with Crippen molar-refractivity contribution in [3.8, 4) is 0 Å². The van der Waals surface area contributed by atoms with Gasteiger partial charge in [-0.1, -0.05) is 50.1 Å². The van der Waals surface area contributed by atoms with Crippen molar-refractivity contribution in [2.24, 2.45) is 5.92 Å². The van der Waals surface area contributed by atoms with E-state index < -0.39 is 17.7 Å². The second kappa shape index (κ2) is 8.71. The van der Waals surface area contributed by atoms with Gasteiger partial charge >= 0.3 is 6.09 Å². The van der Waals surface area contributed by atoms with E-state index in [9.17, 15) is 9.59 Å². The number of amides is 2. The SMILES string of the molecule is CCC(C)C(NC(=O)OC(C)(C)C)C(=O)NCc1ccc(C)cc1. The van der Waals surface area contributed by atoms with Crippen molar-refractivity contribution in [3.63, 3.8) is 0 Å². The summed E-state index contributed by atoms with van der Waals surface area (Å²) in [6.07, 6.45) is 0.205. The van der Waals surface area contributed by atoms with Gasteiger partial charge in [0.05, 0.1) is 0 Å². The van der Waals surface area contributed by atoms with Gasteiger partial charge in [-0.3, -0.25) is 4.79 Å². The molecule has 2 amide bonds. The molecule has 1 rings (SSSR count). The highest BCUT2D eigenvalue weighted by atomic mass is 16.6. The number of hydrogen-bond donors (Lipinski definition) is 2. The Hall–Kier alpha value is -2.04. The first-order valence-corrected chi connectivity index (χ1v) is 8.45. The number of nitrogens with one attached hydrogen (secondary N) is 2. The number of alkyl carbamates (subject to hydrolysis) is 1. The van der Waals surface area contributed by atoms with Gasteiger partial charge < -0.3 is 15.4 Å². The summed E-state index contributed by atoms with van der Waals surface area (Å²) in [5, 5.41) is 5.59. The summed E-state index contributed by atoms with van der Waals surface area (Å²) in [6.45, 7) is 11.8. The summed E-state index contributed by atoms with van der Waals surface area (Å²) >= 11 is 0. The third-order valence-corrected chi connectivity index (χ3v) is 3.76. The third-order valence-electron chi connectivity index (χ3n) is 3.76. The van der Waals surface area contributed by atoms with E-state index in [0.29, 0.717) is 6.54 Å². The summed E-state index contributed by atoms with van der Waals surface area (Å²) < 4.78 is 5.26. The zero-order valence-electron chi connectivity index (χ0n) is 15.6. The molecule has 1 aromatic carbocycles. The molecule has 2 N–H and O–H groups in total. The molecule has 24 heavy (non-hydrogen) atoms. The first kappa shape index (κ1) is 20.0. The lowest BCUT2D eigenvalue weighted by atomic mass is 9.98. The van der Waals surface area contributed by atoms with Crippen LogP contribution in [-0.4, -0.2) is 23.6 Å². The minimum Gasteiger partial charge on any atom is -0.444 e. The summed E-state index contributed by atoms with van der Waals surface area (Å²) in [5.74, 6) is -0.189. The molecule has 0 aromatic heterocycles. The molecule has 0 saturated heterocycles.